The van der Waals surface area contributed by atoms with Crippen molar-refractivity contribution in [2.75, 3.05) is 6.61 Å². The fourth-order valence-electron chi connectivity index (χ4n) is 1.21. The number of hydrogen-bond donors (Lipinski definition) is 1. The molecule has 0 unspecified atom stereocenters. The van der Waals surface area contributed by atoms with Gasteiger partial charge in [-0.2, -0.15) is 0 Å². The topological polar surface area (TPSA) is 33.1 Å². The van der Waals surface area contributed by atoms with E-state index in [1.165, 1.54) is 0 Å². The molecule has 0 atom stereocenters. The molecule has 2 heteroatoms. The second-order valence-corrected chi connectivity index (χ2v) is 3.06. The first-order valence-corrected chi connectivity index (χ1v) is 4.44. The van der Waals surface area contributed by atoms with Gasteiger partial charge in [-0.3, -0.25) is 0 Å². The minimum absolute atomic E-state index is 0.545. The summed E-state index contributed by atoms with van der Waals surface area (Å²) in [6, 6.07) is 5.90. The van der Waals surface area contributed by atoms with E-state index in [1.807, 2.05) is 32.0 Å². The average Bonchev–Trinajstić information content (AvgIpc) is 2.04. The van der Waals surface area contributed by atoms with Crippen LogP contribution in [0.4, 0.5) is 0 Å². The molecular weight excluding hydrogens is 162 g/mol. The maximum atomic E-state index is 7.55. The summed E-state index contributed by atoms with van der Waals surface area (Å²) >= 11 is 0. The van der Waals surface area contributed by atoms with Gasteiger partial charge in [0.15, 0.2) is 0 Å². The molecule has 0 aromatic heterocycles. The van der Waals surface area contributed by atoms with Gasteiger partial charge in [0.05, 0.1) is 6.61 Å². The number of benzene rings is 1. The molecular formula is C11H15NO. The first kappa shape index (κ1) is 9.78. The van der Waals surface area contributed by atoms with Gasteiger partial charge in [0, 0.05) is 11.3 Å². The van der Waals surface area contributed by atoms with Gasteiger partial charge in [0.1, 0.15) is 5.75 Å². The van der Waals surface area contributed by atoms with Crippen LogP contribution in [-0.4, -0.2) is 12.3 Å². The SMILES string of the molecule is CCOc1cc(C)ccc1C(C)=N. The van der Waals surface area contributed by atoms with Crippen molar-refractivity contribution in [2.24, 2.45) is 0 Å². The van der Waals surface area contributed by atoms with Crippen LogP contribution in [0.15, 0.2) is 18.2 Å². The molecule has 0 amide bonds. The van der Waals surface area contributed by atoms with Gasteiger partial charge in [0.2, 0.25) is 0 Å². The van der Waals surface area contributed by atoms with Crippen molar-refractivity contribution in [3.05, 3.63) is 29.3 Å². The van der Waals surface area contributed by atoms with E-state index in [1.54, 1.807) is 6.92 Å². The van der Waals surface area contributed by atoms with Crippen molar-refractivity contribution >= 4 is 5.71 Å². The molecule has 0 fully saturated rings. The summed E-state index contributed by atoms with van der Waals surface area (Å²) in [6.07, 6.45) is 0. The van der Waals surface area contributed by atoms with E-state index in [-0.39, 0.29) is 0 Å². The van der Waals surface area contributed by atoms with E-state index in [2.05, 4.69) is 0 Å². The van der Waals surface area contributed by atoms with Crippen molar-refractivity contribution in [1.29, 1.82) is 5.41 Å². The van der Waals surface area contributed by atoms with Gasteiger partial charge in [-0.25, -0.2) is 0 Å². The third-order valence-corrected chi connectivity index (χ3v) is 1.84. The molecule has 0 aliphatic carbocycles. The van der Waals surface area contributed by atoms with Crippen LogP contribution in [0, 0.1) is 12.3 Å². The predicted octanol–water partition coefficient (Wildman–Crippen LogP) is 2.78. The van der Waals surface area contributed by atoms with Crippen LogP contribution in [0.3, 0.4) is 0 Å². The zero-order valence-corrected chi connectivity index (χ0v) is 8.35. The number of rotatable bonds is 3. The lowest BCUT2D eigenvalue weighted by Gasteiger charge is -2.09. The maximum absolute atomic E-state index is 7.55. The highest BCUT2D eigenvalue weighted by Crippen LogP contribution is 2.20. The Morgan fingerprint density at radius 1 is 1.46 bits per heavy atom. The molecule has 0 saturated carbocycles. The van der Waals surface area contributed by atoms with Gasteiger partial charge < -0.3 is 10.1 Å². The summed E-state index contributed by atoms with van der Waals surface area (Å²) in [7, 11) is 0. The van der Waals surface area contributed by atoms with Crippen LogP contribution in [0.5, 0.6) is 5.75 Å². The molecule has 0 heterocycles. The number of hydrogen-bond acceptors (Lipinski definition) is 2. The predicted molar refractivity (Wildman–Crippen MR) is 54.9 cm³/mol. The summed E-state index contributed by atoms with van der Waals surface area (Å²) in [6.45, 7) is 6.38. The highest BCUT2D eigenvalue weighted by Gasteiger charge is 2.04. The lowest BCUT2D eigenvalue weighted by Crippen LogP contribution is -2.00. The Morgan fingerprint density at radius 2 is 2.15 bits per heavy atom. The number of nitrogens with one attached hydrogen (secondary N) is 1. The van der Waals surface area contributed by atoms with Crippen molar-refractivity contribution in [3.63, 3.8) is 0 Å². The minimum atomic E-state index is 0.545. The second kappa shape index (κ2) is 4.08. The Labute approximate surface area is 79.1 Å². The Morgan fingerprint density at radius 3 is 2.69 bits per heavy atom. The van der Waals surface area contributed by atoms with Crippen LogP contribution in [0.25, 0.3) is 0 Å². The summed E-state index contributed by atoms with van der Waals surface area (Å²) in [4.78, 5) is 0. The Kier molecular flexibility index (Phi) is 3.07. The van der Waals surface area contributed by atoms with Gasteiger partial charge in [-0.1, -0.05) is 6.07 Å². The molecule has 1 N–H and O–H groups in total. The lowest BCUT2D eigenvalue weighted by molar-refractivity contribution is 0.339. The Balaban J connectivity index is 3.10. The summed E-state index contributed by atoms with van der Waals surface area (Å²) in [5, 5.41) is 7.55. The quantitative estimate of drug-likeness (QED) is 0.707. The summed E-state index contributed by atoms with van der Waals surface area (Å²) in [5.41, 5.74) is 2.59. The van der Waals surface area contributed by atoms with Crippen LogP contribution in [0.1, 0.15) is 25.0 Å². The smallest absolute Gasteiger partial charge is 0.128 e. The lowest BCUT2D eigenvalue weighted by atomic mass is 10.1. The van der Waals surface area contributed by atoms with Crippen molar-refractivity contribution < 1.29 is 4.74 Å². The molecule has 1 rings (SSSR count). The van der Waals surface area contributed by atoms with E-state index in [0.29, 0.717) is 12.3 Å². The van der Waals surface area contributed by atoms with Crippen LogP contribution in [0.2, 0.25) is 0 Å². The van der Waals surface area contributed by atoms with E-state index >= 15 is 0 Å². The second-order valence-electron chi connectivity index (χ2n) is 3.06. The maximum Gasteiger partial charge on any atom is 0.128 e. The molecule has 70 valence electrons. The largest absolute Gasteiger partial charge is 0.493 e. The average molecular weight is 177 g/mol. The normalized spacial score (nSPS) is 9.77. The van der Waals surface area contributed by atoms with Gasteiger partial charge in [-0.15, -0.1) is 0 Å². The third kappa shape index (κ3) is 2.31. The van der Waals surface area contributed by atoms with E-state index in [9.17, 15) is 0 Å². The van der Waals surface area contributed by atoms with Gasteiger partial charge in [0.25, 0.3) is 0 Å². The van der Waals surface area contributed by atoms with Gasteiger partial charge >= 0.3 is 0 Å². The molecule has 0 aliphatic heterocycles. The Hall–Kier alpha value is -1.31. The molecule has 0 bridgehead atoms. The molecule has 13 heavy (non-hydrogen) atoms. The van der Waals surface area contributed by atoms with Crippen molar-refractivity contribution in [2.45, 2.75) is 20.8 Å². The van der Waals surface area contributed by atoms with Crippen LogP contribution in [-0.2, 0) is 0 Å². The molecule has 0 aliphatic rings. The monoisotopic (exact) mass is 177 g/mol. The highest BCUT2D eigenvalue weighted by molar-refractivity contribution is 5.98. The molecule has 0 saturated heterocycles. The minimum Gasteiger partial charge on any atom is -0.493 e. The van der Waals surface area contributed by atoms with Crippen molar-refractivity contribution in [1.82, 2.24) is 0 Å². The Bertz CT molecular complexity index is 318. The van der Waals surface area contributed by atoms with E-state index in [4.69, 9.17) is 10.1 Å². The summed E-state index contributed by atoms with van der Waals surface area (Å²) < 4.78 is 5.44. The summed E-state index contributed by atoms with van der Waals surface area (Å²) in [5.74, 6) is 0.815. The molecule has 2 nitrogen and oxygen atoms in total. The molecule has 0 radical (unpaired) electrons. The number of aryl methyl sites for hydroxylation is 1. The number of ether oxygens (including phenoxy) is 1. The van der Waals surface area contributed by atoms with Crippen LogP contribution < -0.4 is 4.74 Å². The van der Waals surface area contributed by atoms with E-state index < -0.39 is 0 Å². The standard InChI is InChI=1S/C11H15NO/c1-4-13-11-7-8(2)5-6-10(11)9(3)12/h5-7,12H,4H2,1-3H3. The molecule has 1 aromatic rings. The van der Waals surface area contributed by atoms with Crippen molar-refractivity contribution in [3.8, 4) is 5.75 Å². The first-order chi connectivity index (χ1) is 6.15. The fraction of sp³-hybridized carbons (Fsp3) is 0.364. The first-order valence-electron chi connectivity index (χ1n) is 4.44. The molecule has 0 spiro atoms. The third-order valence-electron chi connectivity index (χ3n) is 1.84. The zero-order valence-electron chi connectivity index (χ0n) is 8.35. The fourth-order valence-corrected chi connectivity index (χ4v) is 1.21. The van der Waals surface area contributed by atoms with Crippen LogP contribution >= 0.6 is 0 Å². The van der Waals surface area contributed by atoms with E-state index in [0.717, 1.165) is 16.9 Å². The van der Waals surface area contributed by atoms with Gasteiger partial charge in [-0.05, 0) is 38.5 Å². The highest BCUT2D eigenvalue weighted by atomic mass is 16.5. The molecule has 1 aromatic carbocycles. The zero-order chi connectivity index (χ0) is 9.84.